The third-order valence-corrected chi connectivity index (χ3v) is 2.97. The minimum Gasteiger partial charge on any atom is -0.439 e. The molecule has 0 aliphatic carbocycles. The third-order valence-electron chi connectivity index (χ3n) is 2.97. The number of alkyl halides is 3. The summed E-state index contributed by atoms with van der Waals surface area (Å²) in [5.41, 5.74) is 6.37. The summed E-state index contributed by atoms with van der Waals surface area (Å²) in [7, 11) is 0. The summed E-state index contributed by atoms with van der Waals surface area (Å²) in [6.07, 6.45) is -2.02. The summed E-state index contributed by atoms with van der Waals surface area (Å²) in [6, 6.07) is 7.24. The van der Waals surface area contributed by atoms with Crippen LogP contribution in [-0.2, 0) is 6.18 Å². The maximum atomic E-state index is 12.4. The van der Waals surface area contributed by atoms with Crippen molar-refractivity contribution in [3.8, 4) is 11.6 Å². The van der Waals surface area contributed by atoms with Crippen molar-refractivity contribution in [1.82, 2.24) is 9.97 Å². The lowest BCUT2D eigenvalue weighted by Gasteiger charge is -2.08. The number of nitrogens with two attached hydrogens (primary N) is 1. The van der Waals surface area contributed by atoms with Crippen LogP contribution in [0.4, 0.5) is 18.9 Å². The molecule has 3 aromatic rings. The van der Waals surface area contributed by atoms with Crippen LogP contribution < -0.4 is 10.5 Å². The number of pyridine rings is 1. The van der Waals surface area contributed by atoms with Gasteiger partial charge >= 0.3 is 6.18 Å². The van der Waals surface area contributed by atoms with E-state index in [1.807, 2.05) is 0 Å². The molecule has 0 radical (unpaired) electrons. The molecule has 108 valence electrons. The summed E-state index contributed by atoms with van der Waals surface area (Å²) in [4.78, 5) is 6.63. The van der Waals surface area contributed by atoms with Gasteiger partial charge in [-0.1, -0.05) is 0 Å². The molecule has 2 heterocycles. The van der Waals surface area contributed by atoms with Crippen molar-refractivity contribution in [1.29, 1.82) is 0 Å². The number of nitrogen functional groups attached to an aromatic ring is 1. The number of aromatic amines is 1. The van der Waals surface area contributed by atoms with Crippen molar-refractivity contribution in [2.24, 2.45) is 0 Å². The van der Waals surface area contributed by atoms with Crippen LogP contribution in [0, 0.1) is 0 Å². The van der Waals surface area contributed by atoms with E-state index in [0.29, 0.717) is 11.4 Å². The molecule has 21 heavy (non-hydrogen) atoms. The molecule has 4 nitrogen and oxygen atoms in total. The molecule has 0 unspecified atom stereocenters. The number of benzene rings is 1. The first-order valence-electron chi connectivity index (χ1n) is 6.01. The van der Waals surface area contributed by atoms with E-state index >= 15 is 0 Å². The molecule has 0 aliphatic rings. The zero-order chi connectivity index (χ0) is 15.0. The number of rotatable bonds is 2. The van der Waals surface area contributed by atoms with Crippen LogP contribution >= 0.6 is 0 Å². The zero-order valence-electron chi connectivity index (χ0n) is 10.6. The molecular weight excluding hydrogens is 283 g/mol. The van der Waals surface area contributed by atoms with Crippen molar-refractivity contribution in [3.63, 3.8) is 0 Å². The number of anilines is 1. The number of ether oxygens (including phenoxy) is 1. The molecule has 0 saturated carbocycles. The van der Waals surface area contributed by atoms with E-state index in [1.54, 1.807) is 24.4 Å². The van der Waals surface area contributed by atoms with Gasteiger partial charge in [0.05, 0.1) is 11.3 Å². The lowest BCUT2D eigenvalue weighted by molar-refractivity contribution is -0.137. The molecule has 0 saturated heterocycles. The monoisotopic (exact) mass is 293 g/mol. The molecule has 0 aliphatic heterocycles. The minimum atomic E-state index is -4.41. The van der Waals surface area contributed by atoms with Crippen molar-refractivity contribution in [3.05, 3.63) is 48.3 Å². The quantitative estimate of drug-likeness (QED) is 0.751. The van der Waals surface area contributed by atoms with E-state index in [-0.39, 0.29) is 5.88 Å². The second-order valence-electron chi connectivity index (χ2n) is 4.44. The number of hydrogen-bond donors (Lipinski definition) is 2. The average molecular weight is 293 g/mol. The second kappa shape index (κ2) is 4.69. The van der Waals surface area contributed by atoms with E-state index in [4.69, 9.17) is 10.5 Å². The third kappa shape index (κ3) is 2.62. The Bertz CT molecular complexity index is 778. The van der Waals surface area contributed by atoms with Gasteiger partial charge in [-0.3, -0.25) is 0 Å². The van der Waals surface area contributed by atoms with E-state index in [1.165, 1.54) is 6.07 Å². The highest BCUT2D eigenvalue weighted by atomic mass is 19.4. The number of fused-ring (bicyclic) bond motifs is 1. The first-order valence-corrected chi connectivity index (χ1v) is 6.01. The Hall–Kier alpha value is -2.70. The van der Waals surface area contributed by atoms with Gasteiger partial charge in [-0.05, 0) is 24.3 Å². The lowest BCUT2D eigenvalue weighted by atomic mass is 10.2. The van der Waals surface area contributed by atoms with Crippen LogP contribution in [-0.4, -0.2) is 9.97 Å². The van der Waals surface area contributed by atoms with Crippen molar-refractivity contribution >= 4 is 16.6 Å². The molecule has 3 N–H and O–H groups in total. The summed E-state index contributed by atoms with van der Waals surface area (Å²) in [5.74, 6) is 0.525. The molecule has 0 spiro atoms. The fraction of sp³-hybridized carbons (Fsp3) is 0.0714. The highest BCUT2D eigenvalue weighted by molar-refractivity contribution is 5.92. The van der Waals surface area contributed by atoms with E-state index in [9.17, 15) is 13.2 Å². The Labute approximate surface area is 117 Å². The largest absolute Gasteiger partial charge is 0.439 e. The molecule has 1 aromatic carbocycles. The average Bonchev–Trinajstić information content (AvgIpc) is 2.80. The molecule has 0 atom stereocenters. The fourth-order valence-electron chi connectivity index (χ4n) is 1.91. The van der Waals surface area contributed by atoms with Gasteiger partial charge in [0, 0.05) is 29.4 Å². The zero-order valence-corrected chi connectivity index (χ0v) is 10.6. The molecule has 0 amide bonds. The summed E-state index contributed by atoms with van der Waals surface area (Å²) in [5, 5.41) is 0.777. The van der Waals surface area contributed by atoms with Gasteiger partial charge in [-0.25, -0.2) is 4.98 Å². The predicted octanol–water partition coefficient (Wildman–Crippen LogP) is 3.96. The first kappa shape index (κ1) is 13.3. The Balaban J connectivity index is 1.86. The molecule has 0 bridgehead atoms. The number of halogens is 3. The second-order valence-corrected chi connectivity index (χ2v) is 4.44. The first-order chi connectivity index (χ1) is 9.93. The maximum Gasteiger partial charge on any atom is 0.417 e. The van der Waals surface area contributed by atoms with Gasteiger partial charge in [0.15, 0.2) is 0 Å². The van der Waals surface area contributed by atoms with E-state index < -0.39 is 11.7 Å². The Kier molecular flexibility index (Phi) is 2.97. The highest BCUT2D eigenvalue weighted by Gasteiger charge is 2.30. The molecule has 7 heteroatoms. The van der Waals surface area contributed by atoms with E-state index in [0.717, 1.165) is 23.2 Å². The Morgan fingerprint density at radius 3 is 2.62 bits per heavy atom. The fourth-order valence-corrected chi connectivity index (χ4v) is 1.91. The highest BCUT2D eigenvalue weighted by Crippen LogP contribution is 2.31. The van der Waals surface area contributed by atoms with Crippen molar-refractivity contribution in [2.45, 2.75) is 6.18 Å². The molecule has 0 fully saturated rings. The summed E-state index contributed by atoms with van der Waals surface area (Å²) < 4.78 is 42.7. The standard InChI is InChI=1S/C14H10F3N3O/c15-14(16,17)8-1-4-13(20-6-8)21-9-2-3-12-10(5-9)11(18)7-19-12/h1-7,19H,18H2. The number of nitrogens with zero attached hydrogens (tertiary/aromatic N) is 1. The Morgan fingerprint density at radius 1 is 1.14 bits per heavy atom. The number of hydrogen-bond acceptors (Lipinski definition) is 3. The van der Waals surface area contributed by atoms with Gasteiger partial charge in [-0.15, -0.1) is 0 Å². The minimum absolute atomic E-state index is 0.0801. The van der Waals surface area contributed by atoms with Crippen molar-refractivity contribution < 1.29 is 17.9 Å². The van der Waals surface area contributed by atoms with Gasteiger partial charge < -0.3 is 15.5 Å². The van der Waals surface area contributed by atoms with E-state index in [2.05, 4.69) is 9.97 Å². The lowest BCUT2D eigenvalue weighted by Crippen LogP contribution is -2.05. The molecule has 2 aromatic heterocycles. The number of H-pyrrole nitrogens is 1. The number of aromatic nitrogens is 2. The van der Waals surface area contributed by atoms with Gasteiger partial charge in [0.25, 0.3) is 0 Å². The Morgan fingerprint density at radius 2 is 1.95 bits per heavy atom. The normalized spacial score (nSPS) is 11.8. The molecular formula is C14H10F3N3O. The van der Waals surface area contributed by atoms with Gasteiger partial charge in [0.2, 0.25) is 5.88 Å². The number of nitrogens with one attached hydrogen (secondary N) is 1. The van der Waals surface area contributed by atoms with Gasteiger partial charge in [-0.2, -0.15) is 13.2 Å². The molecule has 3 rings (SSSR count). The SMILES string of the molecule is Nc1c[nH]c2ccc(Oc3ccc(C(F)(F)F)cn3)cc12. The maximum absolute atomic E-state index is 12.4. The predicted molar refractivity (Wildman–Crippen MR) is 72.0 cm³/mol. The van der Waals surface area contributed by atoms with Crippen LogP contribution in [0.1, 0.15) is 5.56 Å². The van der Waals surface area contributed by atoms with Crippen LogP contribution in [0.15, 0.2) is 42.7 Å². The van der Waals surface area contributed by atoms with Crippen LogP contribution in [0.5, 0.6) is 11.6 Å². The van der Waals surface area contributed by atoms with Crippen molar-refractivity contribution in [2.75, 3.05) is 5.73 Å². The van der Waals surface area contributed by atoms with Crippen LogP contribution in [0.2, 0.25) is 0 Å². The van der Waals surface area contributed by atoms with Crippen LogP contribution in [0.3, 0.4) is 0 Å². The topological polar surface area (TPSA) is 63.9 Å². The summed E-state index contributed by atoms with van der Waals surface area (Å²) >= 11 is 0. The summed E-state index contributed by atoms with van der Waals surface area (Å²) in [6.45, 7) is 0. The van der Waals surface area contributed by atoms with Gasteiger partial charge in [0.1, 0.15) is 5.75 Å². The smallest absolute Gasteiger partial charge is 0.417 e. The van der Waals surface area contributed by atoms with Crippen LogP contribution in [0.25, 0.3) is 10.9 Å².